The van der Waals surface area contributed by atoms with E-state index in [1.165, 1.54) is 12.1 Å². The second-order valence-corrected chi connectivity index (χ2v) is 8.55. The van der Waals surface area contributed by atoms with Gasteiger partial charge < -0.3 is 4.90 Å². The van der Waals surface area contributed by atoms with Crippen LogP contribution in [-0.4, -0.2) is 47.7 Å². The first kappa shape index (κ1) is 19.3. The highest BCUT2D eigenvalue weighted by Crippen LogP contribution is 2.28. The number of carbonyl (C=O) groups excluding carboxylic acids is 2. The lowest BCUT2D eigenvalue weighted by Crippen LogP contribution is -2.40. The summed E-state index contributed by atoms with van der Waals surface area (Å²) in [5, 5.41) is 0. The highest BCUT2D eigenvalue weighted by atomic mass is 79.9. The van der Waals surface area contributed by atoms with E-state index >= 15 is 0 Å². The molecular weight excluding hydrogens is 423 g/mol. The number of hydrogen-bond acceptors (Lipinski definition) is 3. The molecule has 1 amide bonds. The Bertz CT molecular complexity index is 892. The Balaban J connectivity index is 1.27. The number of halogens is 2. The van der Waals surface area contributed by atoms with Crippen LogP contribution in [0.15, 0.2) is 46.9 Å². The van der Waals surface area contributed by atoms with Crippen molar-refractivity contribution in [2.24, 2.45) is 5.92 Å². The van der Waals surface area contributed by atoms with Crippen LogP contribution in [-0.2, 0) is 6.54 Å². The maximum absolute atomic E-state index is 13.0. The molecule has 0 saturated carbocycles. The summed E-state index contributed by atoms with van der Waals surface area (Å²) in [6.45, 7) is 3.51. The van der Waals surface area contributed by atoms with Gasteiger partial charge in [0.2, 0.25) is 0 Å². The predicted octanol–water partition coefficient (Wildman–Crippen LogP) is 4.14. The number of benzene rings is 2. The minimum atomic E-state index is -0.330. The molecule has 4 rings (SSSR count). The van der Waals surface area contributed by atoms with Gasteiger partial charge in [-0.2, -0.15) is 0 Å². The molecule has 1 fully saturated rings. The lowest BCUT2D eigenvalue weighted by Gasteiger charge is -2.33. The molecule has 2 aliphatic rings. The molecule has 4 nitrogen and oxygen atoms in total. The largest absolute Gasteiger partial charge is 0.334 e. The Morgan fingerprint density at radius 1 is 1.11 bits per heavy atom. The third-order valence-corrected chi connectivity index (χ3v) is 6.16. The lowest BCUT2D eigenvalue weighted by atomic mass is 9.95. The predicted molar refractivity (Wildman–Crippen MR) is 109 cm³/mol. The molecule has 0 atom stereocenters. The summed E-state index contributed by atoms with van der Waals surface area (Å²) in [6, 6.07) is 11.6. The van der Waals surface area contributed by atoms with Crippen LogP contribution in [0.25, 0.3) is 0 Å². The third kappa shape index (κ3) is 4.18. The van der Waals surface area contributed by atoms with Crippen LogP contribution in [0.5, 0.6) is 0 Å². The van der Waals surface area contributed by atoms with Gasteiger partial charge in [-0.25, -0.2) is 4.39 Å². The number of likely N-dealkylation sites (tertiary alicyclic amines) is 1. The number of ketones is 1. The normalized spacial score (nSPS) is 17.8. The van der Waals surface area contributed by atoms with Crippen molar-refractivity contribution in [3.05, 3.63) is 69.4 Å². The standard InChI is InChI=1S/C22H22BrFN2O2/c23-18-4-1-17-13-26(22(28)20(17)11-18)12-15-7-9-25(10-8-15)14-21(27)16-2-5-19(24)6-3-16/h1-6,11,15H,7-10,12-14H2. The van der Waals surface area contributed by atoms with E-state index in [-0.39, 0.29) is 17.5 Å². The maximum atomic E-state index is 13.0. The van der Waals surface area contributed by atoms with Gasteiger partial charge in [-0.3, -0.25) is 14.5 Å². The van der Waals surface area contributed by atoms with E-state index in [4.69, 9.17) is 0 Å². The van der Waals surface area contributed by atoms with Gasteiger partial charge in [-0.05, 0) is 73.8 Å². The van der Waals surface area contributed by atoms with Crippen molar-refractivity contribution in [2.45, 2.75) is 19.4 Å². The average Bonchev–Trinajstić information content (AvgIpc) is 2.99. The molecular formula is C22H22BrFN2O2. The molecule has 0 N–H and O–H groups in total. The highest BCUT2D eigenvalue weighted by Gasteiger charge is 2.30. The molecule has 0 spiro atoms. The first-order valence-corrected chi connectivity index (χ1v) is 10.4. The number of amides is 1. The topological polar surface area (TPSA) is 40.6 Å². The summed E-state index contributed by atoms with van der Waals surface area (Å²) in [7, 11) is 0. The van der Waals surface area contributed by atoms with Gasteiger partial charge in [-0.1, -0.05) is 22.0 Å². The van der Waals surface area contributed by atoms with E-state index in [2.05, 4.69) is 20.8 Å². The number of fused-ring (bicyclic) bond motifs is 1. The van der Waals surface area contributed by atoms with Crippen molar-refractivity contribution in [3.63, 3.8) is 0 Å². The molecule has 2 heterocycles. The zero-order valence-electron chi connectivity index (χ0n) is 15.5. The molecule has 28 heavy (non-hydrogen) atoms. The fraction of sp³-hybridized carbons (Fsp3) is 0.364. The molecule has 2 aromatic carbocycles. The zero-order chi connectivity index (χ0) is 19.7. The first-order chi connectivity index (χ1) is 13.5. The second-order valence-electron chi connectivity index (χ2n) is 7.64. The number of hydrogen-bond donors (Lipinski definition) is 0. The summed E-state index contributed by atoms with van der Waals surface area (Å²) in [4.78, 5) is 29.1. The number of Topliss-reactive ketones (excluding diaryl/α,β-unsaturated/α-hetero) is 1. The van der Waals surface area contributed by atoms with Gasteiger partial charge in [0.25, 0.3) is 5.91 Å². The summed E-state index contributed by atoms with van der Waals surface area (Å²) in [6.07, 6.45) is 1.95. The van der Waals surface area contributed by atoms with Crippen LogP contribution in [0.2, 0.25) is 0 Å². The molecule has 2 aliphatic heterocycles. The van der Waals surface area contributed by atoms with Crippen molar-refractivity contribution in [1.29, 1.82) is 0 Å². The van der Waals surface area contributed by atoms with E-state index in [0.717, 1.165) is 48.1 Å². The van der Waals surface area contributed by atoms with E-state index in [1.54, 1.807) is 12.1 Å². The Labute approximate surface area is 172 Å². The van der Waals surface area contributed by atoms with Crippen molar-refractivity contribution < 1.29 is 14.0 Å². The number of rotatable bonds is 5. The fourth-order valence-corrected chi connectivity index (χ4v) is 4.41. The minimum absolute atomic E-state index is 0.0224. The molecule has 0 bridgehead atoms. The number of nitrogens with zero attached hydrogens (tertiary/aromatic N) is 2. The quantitative estimate of drug-likeness (QED) is 0.650. The Morgan fingerprint density at radius 3 is 2.54 bits per heavy atom. The molecule has 0 radical (unpaired) electrons. The molecule has 0 unspecified atom stereocenters. The first-order valence-electron chi connectivity index (χ1n) is 9.58. The highest BCUT2D eigenvalue weighted by molar-refractivity contribution is 9.10. The van der Waals surface area contributed by atoms with Crippen LogP contribution in [0, 0.1) is 11.7 Å². The van der Waals surface area contributed by atoms with Gasteiger partial charge in [0.15, 0.2) is 5.78 Å². The SMILES string of the molecule is O=C(CN1CCC(CN2Cc3ccc(Br)cc3C2=O)CC1)c1ccc(F)cc1. The van der Waals surface area contributed by atoms with Gasteiger partial charge in [-0.15, -0.1) is 0 Å². The Morgan fingerprint density at radius 2 is 1.82 bits per heavy atom. The second kappa shape index (κ2) is 8.13. The molecule has 146 valence electrons. The van der Waals surface area contributed by atoms with Crippen molar-refractivity contribution in [3.8, 4) is 0 Å². The summed E-state index contributed by atoms with van der Waals surface area (Å²) < 4.78 is 13.9. The van der Waals surface area contributed by atoms with Crippen molar-refractivity contribution in [2.75, 3.05) is 26.2 Å². The Hall–Kier alpha value is -2.05. The van der Waals surface area contributed by atoms with Gasteiger partial charge in [0, 0.05) is 28.7 Å². The molecule has 2 aromatic rings. The monoisotopic (exact) mass is 444 g/mol. The van der Waals surface area contributed by atoms with Gasteiger partial charge in [0.1, 0.15) is 5.82 Å². The van der Waals surface area contributed by atoms with Crippen molar-refractivity contribution in [1.82, 2.24) is 9.80 Å². The number of piperidine rings is 1. The van der Waals surface area contributed by atoms with Crippen LogP contribution < -0.4 is 0 Å². The molecule has 0 aromatic heterocycles. The number of carbonyl (C=O) groups is 2. The van der Waals surface area contributed by atoms with Gasteiger partial charge in [0.05, 0.1) is 6.54 Å². The van der Waals surface area contributed by atoms with Crippen LogP contribution in [0.1, 0.15) is 39.1 Å². The van der Waals surface area contributed by atoms with E-state index in [0.29, 0.717) is 24.6 Å². The van der Waals surface area contributed by atoms with Gasteiger partial charge >= 0.3 is 0 Å². The average molecular weight is 445 g/mol. The van der Waals surface area contributed by atoms with E-state index in [9.17, 15) is 14.0 Å². The van der Waals surface area contributed by atoms with E-state index < -0.39 is 0 Å². The smallest absolute Gasteiger partial charge is 0.254 e. The lowest BCUT2D eigenvalue weighted by molar-refractivity contribution is 0.0707. The van der Waals surface area contributed by atoms with Crippen molar-refractivity contribution >= 4 is 27.6 Å². The molecule has 1 saturated heterocycles. The van der Waals surface area contributed by atoms with Crippen LogP contribution in [0.3, 0.4) is 0 Å². The molecule has 6 heteroatoms. The summed E-state index contributed by atoms with van der Waals surface area (Å²) in [5.74, 6) is 0.265. The maximum Gasteiger partial charge on any atom is 0.254 e. The van der Waals surface area contributed by atoms with Crippen LogP contribution >= 0.6 is 15.9 Å². The van der Waals surface area contributed by atoms with E-state index in [1.807, 2.05) is 23.1 Å². The Kier molecular flexibility index (Phi) is 5.60. The van der Waals surface area contributed by atoms with Crippen LogP contribution in [0.4, 0.5) is 4.39 Å². The minimum Gasteiger partial charge on any atom is -0.334 e. The fourth-order valence-electron chi connectivity index (χ4n) is 4.05. The third-order valence-electron chi connectivity index (χ3n) is 5.67. The molecule has 0 aliphatic carbocycles. The zero-order valence-corrected chi connectivity index (χ0v) is 17.1. The summed E-state index contributed by atoms with van der Waals surface area (Å²) in [5.41, 5.74) is 2.45. The summed E-state index contributed by atoms with van der Waals surface area (Å²) >= 11 is 3.43.